The van der Waals surface area contributed by atoms with Crippen molar-refractivity contribution >= 4 is 27.8 Å². The molecule has 2 heterocycles. The van der Waals surface area contributed by atoms with Crippen LogP contribution in [0.2, 0.25) is 0 Å². The van der Waals surface area contributed by atoms with Crippen molar-refractivity contribution in [1.29, 1.82) is 0 Å². The van der Waals surface area contributed by atoms with E-state index in [1.165, 1.54) is 30.9 Å². The van der Waals surface area contributed by atoms with E-state index in [1.54, 1.807) is 0 Å². The van der Waals surface area contributed by atoms with Crippen LogP contribution in [0.25, 0.3) is 11.1 Å². The maximum Gasteiger partial charge on any atom is 0.419 e. The van der Waals surface area contributed by atoms with Gasteiger partial charge in [-0.15, -0.1) is 0 Å². The summed E-state index contributed by atoms with van der Waals surface area (Å²) >= 11 is 2.90. The molecule has 1 amide bonds. The molecule has 20 heteroatoms. The van der Waals surface area contributed by atoms with E-state index in [9.17, 15) is 63.4 Å². The molecule has 0 bridgehead atoms. The van der Waals surface area contributed by atoms with Crippen LogP contribution in [0.4, 0.5) is 48.3 Å². The standard InChI is InChI=1S/C39H33BrF11N3O5/c1-3-59-32(57)15-29(26-11-21(12-28(34(26)42)39(49,50)51)33-19(2)5-4-6-30(33)55)52-36(58)35(22-9-23(37(43,44)45)13-24(40)10-22)54-16-20(7-8-53-17-25(41)18-53)27(14-31(54)56)38(46,47)48/h4-6,9-14,16,25,29,35,55H,3,7-8,15,17-18H2,1-2H3,(H,52,58)/t29-,35?/m0/s1. The van der Waals surface area contributed by atoms with Crippen molar-refractivity contribution < 1.29 is 67.7 Å². The van der Waals surface area contributed by atoms with Gasteiger partial charge >= 0.3 is 24.5 Å². The zero-order chi connectivity index (χ0) is 43.8. The van der Waals surface area contributed by atoms with Gasteiger partial charge in [-0.05, 0) is 78.9 Å². The first-order valence-electron chi connectivity index (χ1n) is 17.6. The number of phenols is 1. The van der Waals surface area contributed by atoms with Crippen LogP contribution in [-0.4, -0.2) is 58.9 Å². The van der Waals surface area contributed by atoms with Gasteiger partial charge < -0.3 is 15.2 Å². The summed E-state index contributed by atoms with van der Waals surface area (Å²) in [4.78, 5) is 42.4. The number of aryl methyl sites for hydroxylation is 1. The summed E-state index contributed by atoms with van der Waals surface area (Å²) in [5.74, 6) is -5.31. The highest BCUT2D eigenvalue weighted by atomic mass is 79.9. The highest BCUT2D eigenvalue weighted by molar-refractivity contribution is 9.10. The lowest BCUT2D eigenvalue weighted by molar-refractivity contribution is -0.144. The number of ether oxygens (including phenoxy) is 1. The third kappa shape index (κ3) is 10.4. The second-order valence-electron chi connectivity index (χ2n) is 13.7. The van der Waals surface area contributed by atoms with E-state index < -0.39 is 118 Å². The van der Waals surface area contributed by atoms with Crippen molar-refractivity contribution in [3.05, 3.63) is 120 Å². The Balaban J connectivity index is 1.74. The molecule has 59 heavy (non-hydrogen) atoms. The van der Waals surface area contributed by atoms with Crippen molar-refractivity contribution in [3.8, 4) is 16.9 Å². The third-order valence-corrected chi connectivity index (χ3v) is 9.94. The fourth-order valence-corrected chi connectivity index (χ4v) is 7.26. The van der Waals surface area contributed by atoms with Gasteiger partial charge in [-0.25, -0.2) is 8.78 Å². The minimum Gasteiger partial charge on any atom is -0.507 e. The summed E-state index contributed by atoms with van der Waals surface area (Å²) < 4.78 is 163. The Labute approximate surface area is 336 Å². The van der Waals surface area contributed by atoms with Crippen LogP contribution < -0.4 is 10.9 Å². The molecular weight excluding hydrogens is 879 g/mol. The molecule has 3 aromatic carbocycles. The van der Waals surface area contributed by atoms with Gasteiger partial charge in [0.25, 0.3) is 5.56 Å². The first-order valence-corrected chi connectivity index (χ1v) is 18.4. The Bertz CT molecular complexity index is 2270. The van der Waals surface area contributed by atoms with Gasteiger partial charge in [0.15, 0.2) is 0 Å². The number of pyridine rings is 1. The summed E-state index contributed by atoms with van der Waals surface area (Å²) in [7, 11) is 0. The number of nitrogens with one attached hydrogen (secondary N) is 1. The number of hydrogen-bond donors (Lipinski definition) is 2. The lowest BCUT2D eigenvalue weighted by Gasteiger charge is -2.34. The summed E-state index contributed by atoms with van der Waals surface area (Å²) in [5, 5.41) is 12.8. The molecular formula is C39H33BrF11N3O5. The van der Waals surface area contributed by atoms with Gasteiger partial charge in [-0.1, -0.05) is 28.1 Å². The van der Waals surface area contributed by atoms with Crippen LogP contribution in [0.3, 0.4) is 0 Å². The smallest absolute Gasteiger partial charge is 0.419 e. The number of nitrogens with zero attached hydrogens (tertiary/aromatic N) is 2. The number of carbonyl (C=O) groups is 2. The number of phenolic OH excluding ortho intramolecular Hbond substituents is 1. The molecule has 2 atom stereocenters. The predicted octanol–water partition coefficient (Wildman–Crippen LogP) is 9.08. The topological polar surface area (TPSA) is 101 Å². The normalized spacial score (nSPS) is 15.1. The summed E-state index contributed by atoms with van der Waals surface area (Å²) in [6, 6.07) is 2.64. The summed E-state index contributed by atoms with van der Waals surface area (Å²) in [5.41, 5.74) is -9.05. The molecule has 1 unspecified atom stereocenters. The fourth-order valence-electron chi connectivity index (χ4n) is 6.75. The van der Waals surface area contributed by atoms with E-state index in [-0.39, 0.29) is 47.9 Å². The SMILES string of the molecule is CCOC(=O)C[C@H](NC(=O)C(c1cc(Br)cc(C(F)(F)F)c1)n1cc(CCN2CC(F)C2)c(C(F)(F)F)cc1=O)c1cc(-c2c(C)cccc2O)cc(C(F)(F)F)c1F. The van der Waals surface area contributed by atoms with E-state index in [2.05, 4.69) is 21.2 Å². The van der Waals surface area contributed by atoms with Crippen LogP contribution in [0.15, 0.2) is 70.1 Å². The zero-order valence-electron chi connectivity index (χ0n) is 30.8. The Kier molecular flexibility index (Phi) is 13.2. The Morgan fingerprint density at radius 1 is 0.949 bits per heavy atom. The zero-order valence-corrected chi connectivity index (χ0v) is 32.3. The lowest BCUT2D eigenvalue weighted by atomic mass is 9.91. The minimum absolute atomic E-state index is 0.107. The molecule has 1 saturated heterocycles. The first-order chi connectivity index (χ1) is 27.4. The second kappa shape index (κ2) is 17.3. The second-order valence-corrected chi connectivity index (χ2v) is 14.6. The van der Waals surface area contributed by atoms with Crippen molar-refractivity contribution in [3.63, 3.8) is 0 Å². The number of benzene rings is 3. The van der Waals surface area contributed by atoms with Crippen LogP contribution >= 0.6 is 15.9 Å². The first kappa shape index (κ1) is 45.1. The van der Waals surface area contributed by atoms with Gasteiger partial charge in [0.1, 0.15) is 23.8 Å². The minimum atomic E-state index is -5.41. The number of carbonyl (C=O) groups excluding carboxylic acids is 2. The molecule has 1 aliphatic rings. The van der Waals surface area contributed by atoms with E-state index in [0.29, 0.717) is 29.0 Å². The number of halogens is 12. The van der Waals surface area contributed by atoms with Crippen LogP contribution in [-0.2, 0) is 39.3 Å². The average Bonchev–Trinajstić information content (AvgIpc) is 3.09. The van der Waals surface area contributed by atoms with Gasteiger partial charge in [-0.2, -0.15) is 39.5 Å². The van der Waals surface area contributed by atoms with Gasteiger partial charge in [0.05, 0.1) is 35.8 Å². The van der Waals surface area contributed by atoms with Gasteiger partial charge in [-0.3, -0.25) is 23.9 Å². The highest BCUT2D eigenvalue weighted by Gasteiger charge is 2.40. The molecule has 8 nitrogen and oxygen atoms in total. The number of likely N-dealkylation sites (tertiary alicyclic amines) is 1. The number of esters is 1. The number of aromatic nitrogens is 1. The van der Waals surface area contributed by atoms with Crippen LogP contribution in [0.5, 0.6) is 5.75 Å². The lowest BCUT2D eigenvalue weighted by Crippen LogP contribution is -2.49. The summed E-state index contributed by atoms with van der Waals surface area (Å²) in [6.07, 6.45) is -17.9. The quantitative estimate of drug-likeness (QED) is 0.109. The van der Waals surface area contributed by atoms with E-state index in [0.717, 1.165) is 18.2 Å². The van der Waals surface area contributed by atoms with Crippen LogP contribution in [0, 0.1) is 12.7 Å². The van der Waals surface area contributed by atoms with E-state index >= 15 is 4.39 Å². The molecule has 0 spiro atoms. The number of rotatable bonds is 12. The molecule has 318 valence electrons. The number of alkyl halides is 10. The predicted molar refractivity (Wildman–Crippen MR) is 193 cm³/mol. The van der Waals surface area contributed by atoms with Crippen molar-refractivity contribution in [2.24, 2.45) is 0 Å². The molecule has 1 aliphatic heterocycles. The highest BCUT2D eigenvalue weighted by Crippen LogP contribution is 2.42. The molecule has 5 rings (SSSR count). The third-order valence-electron chi connectivity index (χ3n) is 9.48. The van der Waals surface area contributed by atoms with Crippen molar-refractivity contribution in [1.82, 2.24) is 14.8 Å². The summed E-state index contributed by atoms with van der Waals surface area (Å²) in [6.45, 7) is 2.08. The van der Waals surface area contributed by atoms with Crippen LogP contribution in [0.1, 0.15) is 64.4 Å². The molecule has 1 aromatic heterocycles. The fraction of sp³-hybridized carbons (Fsp3) is 0.359. The number of amides is 1. The van der Waals surface area contributed by atoms with Gasteiger partial charge in [0, 0.05) is 47.5 Å². The molecule has 0 saturated carbocycles. The van der Waals surface area contributed by atoms with E-state index in [1.807, 2.05) is 0 Å². The number of aromatic hydroxyl groups is 1. The Morgan fingerprint density at radius 2 is 1.61 bits per heavy atom. The maximum atomic E-state index is 16.2. The Morgan fingerprint density at radius 3 is 2.19 bits per heavy atom. The van der Waals surface area contributed by atoms with Crippen molar-refractivity contribution in [2.75, 3.05) is 26.2 Å². The molecule has 2 N–H and O–H groups in total. The average molecular weight is 913 g/mol. The molecule has 0 radical (unpaired) electrons. The Hall–Kier alpha value is -4.98. The molecule has 1 fully saturated rings. The largest absolute Gasteiger partial charge is 0.507 e. The molecule has 0 aliphatic carbocycles. The monoisotopic (exact) mass is 911 g/mol. The van der Waals surface area contributed by atoms with Crippen molar-refractivity contribution in [2.45, 2.75) is 63.5 Å². The van der Waals surface area contributed by atoms with Gasteiger partial charge in [0.2, 0.25) is 5.91 Å². The molecule has 4 aromatic rings. The number of hydrogen-bond acceptors (Lipinski definition) is 6. The maximum absolute atomic E-state index is 16.2. The van der Waals surface area contributed by atoms with E-state index in [4.69, 9.17) is 4.74 Å².